The van der Waals surface area contributed by atoms with E-state index in [0.29, 0.717) is 12.3 Å². The Hall–Kier alpha value is -2.44. The number of aryl methyl sites for hydroxylation is 2. The van der Waals surface area contributed by atoms with Gasteiger partial charge in [0.25, 0.3) is 0 Å². The first-order valence-electron chi connectivity index (χ1n) is 8.81. The SMILES string of the molecule is Cc1nn(C)c(C)c1[C@H]1[C@H](Nc2ccnc(C3CC3)n2)CC(=O)N1C. The number of nitrogens with one attached hydrogen (secondary N) is 1. The Labute approximate surface area is 147 Å². The third kappa shape index (κ3) is 2.77. The van der Waals surface area contributed by atoms with Gasteiger partial charge >= 0.3 is 0 Å². The first-order chi connectivity index (χ1) is 12.0. The van der Waals surface area contributed by atoms with E-state index in [-0.39, 0.29) is 18.0 Å². The smallest absolute Gasteiger partial charge is 0.225 e. The topological polar surface area (TPSA) is 75.9 Å². The lowest BCUT2D eigenvalue weighted by molar-refractivity contribution is -0.127. The highest BCUT2D eigenvalue weighted by atomic mass is 16.2. The van der Waals surface area contributed by atoms with Gasteiger partial charge in [0.2, 0.25) is 5.91 Å². The van der Waals surface area contributed by atoms with E-state index in [9.17, 15) is 4.79 Å². The van der Waals surface area contributed by atoms with Crippen LogP contribution in [-0.4, -0.2) is 43.6 Å². The van der Waals surface area contributed by atoms with Crippen LogP contribution in [0.15, 0.2) is 12.3 Å². The van der Waals surface area contributed by atoms with Gasteiger partial charge in [0.1, 0.15) is 11.6 Å². The van der Waals surface area contributed by atoms with Crippen LogP contribution in [0.2, 0.25) is 0 Å². The van der Waals surface area contributed by atoms with E-state index >= 15 is 0 Å². The summed E-state index contributed by atoms with van der Waals surface area (Å²) in [6.07, 6.45) is 4.60. The van der Waals surface area contributed by atoms with E-state index in [1.165, 1.54) is 12.8 Å². The highest BCUT2D eigenvalue weighted by molar-refractivity contribution is 5.81. The first-order valence-corrected chi connectivity index (χ1v) is 8.81. The fourth-order valence-electron chi connectivity index (χ4n) is 3.79. The van der Waals surface area contributed by atoms with Crippen molar-refractivity contribution in [3.8, 4) is 0 Å². The molecule has 2 aromatic rings. The van der Waals surface area contributed by atoms with Gasteiger partial charge in [0, 0.05) is 43.9 Å². The van der Waals surface area contributed by atoms with E-state index in [1.807, 2.05) is 36.7 Å². The molecule has 0 aromatic carbocycles. The summed E-state index contributed by atoms with van der Waals surface area (Å²) in [4.78, 5) is 23.3. The second-order valence-corrected chi connectivity index (χ2v) is 7.19. The molecule has 0 bridgehead atoms. The molecule has 3 heterocycles. The molecule has 25 heavy (non-hydrogen) atoms. The number of hydrogen-bond donors (Lipinski definition) is 1. The van der Waals surface area contributed by atoms with Crippen LogP contribution in [0, 0.1) is 13.8 Å². The molecule has 1 N–H and O–H groups in total. The van der Waals surface area contributed by atoms with Crippen molar-refractivity contribution in [1.82, 2.24) is 24.6 Å². The Morgan fingerprint density at radius 1 is 1.24 bits per heavy atom. The second-order valence-electron chi connectivity index (χ2n) is 7.19. The van der Waals surface area contributed by atoms with Crippen molar-refractivity contribution in [3.05, 3.63) is 35.0 Å². The average molecular weight is 340 g/mol. The summed E-state index contributed by atoms with van der Waals surface area (Å²) in [5.74, 6) is 2.36. The van der Waals surface area contributed by atoms with Crippen molar-refractivity contribution >= 4 is 11.7 Å². The van der Waals surface area contributed by atoms with Crippen LogP contribution >= 0.6 is 0 Å². The van der Waals surface area contributed by atoms with E-state index < -0.39 is 0 Å². The lowest BCUT2D eigenvalue weighted by Crippen LogP contribution is -2.31. The first kappa shape index (κ1) is 16.1. The standard InChI is InChI=1S/C18H24N6O/c1-10-16(11(2)24(4)22-10)17-13(9-15(25)23(17)3)20-14-7-8-19-18(21-14)12-5-6-12/h7-8,12-13,17H,5-6,9H2,1-4H3,(H,19,20,21)/t13-,17-/m1/s1. The molecule has 7 nitrogen and oxygen atoms in total. The number of hydrogen-bond acceptors (Lipinski definition) is 5. The Morgan fingerprint density at radius 3 is 2.64 bits per heavy atom. The minimum Gasteiger partial charge on any atom is -0.364 e. The summed E-state index contributed by atoms with van der Waals surface area (Å²) in [5, 5.41) is 8.01. The average Bonchev–Trinajstić information content (AvgIpc) is 3.35. The number of likely N-dealkylation sites (tertiary alicyclic amines) is 1. The van der Waals surface area contributed by atoms with Gasteiger partial charge in [-0.25, -0.2) is 9.97 Å². The van der Waals surface area contributed by atoms with E-state index in [1.54, 1.807) is 6.20 Å². The van der Waals surface area contributed by atoms with Crippen molar-refractivity contribution < 1.29 is 4.79 Å². The zero-order valence-electron chi connectivity index (χ0n) is 15.2. The molecule has 2 fully saturated rings. The molecule has 4 rings (SSSR count). The number of likely N-dealkylation sites (N-methyl/N-ethyl adjacent to an activating group) is 1. The molecule has 7 heteroatoms. The molecule has 132 valence electrons. The Balaban J connectivity index is 1.65. The number of aromatic nitrogens is 4. The molecular weight excluding hydrogens is 316 g/mol. The largest absolute Gasteiger partial charge is 0.364 e. The molecule has 0 unspecified atom stereocenters. The number of carbonyl (C=O) groups is 1. The molecule has 0 spiro atoms. The van der Waals surface area contributed by atoms with Crippen molar-refractivity contribution in [2.75, 3.05) is 12.4 Å². The van der Waals surface area contributed by atoms with Gasteiger partial charge in [-0.1, -0.05) is 0 Å². The van der Waals surface area contributed by atoms with Gasteiger partial charge in [-0.2, -0.15) is 5.10 Å². The number of carbonyl (C=O) groups excluding carboxylic acids is 1. The highest BCUT2D eigenvalue weighted by Crippen LogP contribution is 2.39. The van der Waals surface area contributed by atoms with Crippen LogP contribution in [0.1, 0.15) is 54.0 Å². The molecule has 1 saturated heterocycles. The molecule has 1 saturated carbocycles. The van der Waals surface area contributed by atoms with Gasteiger partial charge in [-0.05, 0) is 32.8 Å². The Bertz CT molecular complexity index is 825. The second kappa shape index (κ2) is 5.82. The maximum absolute atomic E-state index is 12.4. The molecule has 1 aliphatic carbocycles. The predicted octanol–water partition coefficient (Wildman–Crippen LogP) is 2.09. The van der Waals surface area contributed by atoms with Crippen molar-refractivity contribution in [1.29, 1.82) is 0 Å². The fourth-order valence-corrected chi connectivity index (χ4v) is 3.79. The van der Waals surface area contributed by atoms with Crippen molar-refractivity contribution in [3.63, 3.8) is 0 Å². The van der Waals surface area contributed by atoms with Crippen LogP contribution in [-0.2, 0) is 11.8 Å². The summed E-state index contributed by atoms with van der Waals surface area (Å²) in [5.41, 5.74) is 3.20. The maximum atomic E-state index is 12.4. The predicted molar refractivity (Wildman–Crippen MR) is 94.2 cm³/mol. The summed E-state index contributed by atoms with van der Waals surface area (Å²) in [6.45, 7) is 4.06. The third-order valence-electron chi connectivity index (χ3n) is 5.40. The quantitative estimate of drug-likeness (QED) is 0.922. The van der Waals surface area contributed by atoms with Gasteiger partial charge in [0.15, 0.2) is 0 Å². The number of amides is 1. The summed E-state index contributed by atoms with van der Waals surface area (Å²) in [7, 11) is 3.81. The van der Waals surface area contributed by atoms with Crippen LogP contribution < -0.4 is 5.32 Å². The maximum Gasteiger partial charge on any atom is 0.225 e. The molecule has 2 aromatic heterocycles. The summed E-state index contributed by atoms with van der Waals surface area (Å²) in [6, 6.07) is 1.82. The molecule has 0 radical (unpaired) electrons. The molecule has 2 aliphatic rings. The van der Waals surface area contributed by atoms with E-state index in [0.717, 1.165) is 28.6 Å². The van der Waals surface area contributed by atoms with Gasteiger partial charge in [-0.3, -0.25) is 9.48 Å². The summed E-state index contributed by atoms with van der Waals surface area (Å²) >= 11 is 0. The van der Waals surface area contributed by atoms with Crippen molar-refractivity contribution in [2.24, 2.45) is 7.05 Å². The molecular formula is C18H24N6O. The van der Waals surface area contributed by atoms with E-state index in [4.69, 9.17) is 0 Å². The monoisotopic (exact) mass is 340 g/mol. The molecule has 1 amide bonds. The number of nitrogens with zero attached hydrogens (tertiary/aromatic N) is 5. The number of rotatable bonds is 4. The molecule has 1 aliphatic heterocycles. The van der Waals surface area contributed by atoms with Gasteiger partial charge < -0.3 is 10.2 Å². The van der Waals surface area contributed by atoms with Crippen LogP contribution in [0.5, 0.6) is 0 Å². The van der Waals surface area contributed by atoms with Crippen LogP contribution in [0.3, 0.4) is 0 Å². The van der Waals surface area contributed by atoms with Gasteiger partial charge in [0.05, 0.1) is 17.8 Å². The van der Waals surface area contributed by atoms with Gasteiger partial charge in [-0.15, -0.1) is 0 Å². The normalized spacial score (nSPS) is 23.4. The number of anilines is 1. The minimum absolute atomic E-state index is 0.0268. The lowest BCUT2D eigenvalue weighted by atomic mass is 9.98. The molecule has 2 atom stereocenters. The highest BCUT2D eigenvalue weighted by Gasteiger charge is 2.41. The fraction of sp³-hybridized carbons (Fsp3) is 0.556. The zero-order valence-corrected chi connectivity index (χ0v) is 15.2. The van der Waals surface area contributed by atoms with E-state index in [2.05, 4.69) is 27.3 Å². The minimum atomic E-state index is -0.0412. The van der Waals surface area contributed by atoms with Crippen molar-refractivity contribution in [2.45, 2.75) is 51.1 Å². The Kier molecular flexibility index (Phi) is 3.74. The van der Waals surface area contributed by atoms with Crippen LogP contribution in [0.25, 0.3) is 0 Å². The lowest BCUT2D eigenvalue weighted by Gasteiger charge is -2.26. The third-order valence-corrected chi connectivity index (χ3v) is 5.40. The Morgan fingerprint density at radius 2 is 2.00 bits per heavy atom. The summed E-state index contributed by atoms with van der Waals surface area (Å²) < 4.78 is 1.88. The van der Waals surface area contributed by atoms with Crippen LogP contribution in [0.4, 0.5) is 5.82 Å². The zero-order chi connectivity index (χ0) is 17.7.